The van der Waals surface area contributed by atoms with Crippen LogP contribution in [0, 0.1) is 6.92 Å². The summed E-state index contributed by atoms with van der Waals surface area (Å²) in [7, 11) is -1.89. The Kier molecular flexibility index (Phi) is 6.57. The fourth-order valence-corrected chi connectivity index (χ4v) is 5.08. The minimum Gasteiger partial charge on any atom is -0.383 e. The van der Waals surface area contributed by atoms with E-state index in [-0.39, 0.29) is 5.38 Å². The maximum Gasteiger partial charge on any atom is 0.241 e. The molecule has 0 aliphatic rings. The van der Waals surface area contributed by atoms with Gasteiger partial charge in [0, 0.05) is 18.5 Å². The average Bonchev–Trinajstić information content (AvgIpc) is 2.58. The first kappa shape index (κ1) is 16.4. The molecule has 0 aliphatic carbocycles. The summed E-state index contributed by atoms with van der Waals surface area (Å²) in [4.78, 5) is 1.07. The molecular weight excluding hydrogens is 362 g/mol. The monoisotopic (exact) mass is 375 g/mol. The summed E-state index contributed by atoms with van der Waals surface area (Å²) in [6, 6.07) is 1.61. The Morgan fingerprint density at radius 2 is 2.28 bits per heavy atom. The lowest BCUT2D eigenvalue weighted by molar-refractivity contribution is 0.196. The maximum absolute atomic E-state index is 12.0. The van der Waals surface area contributed by atoms with Crippen molar-refractivity contribution in [2.75, 3.05) is 20.3 Å². The van der Waals surface area contributed by atoms with Gasteiger partial charge in [0.25, 0.3) is 0 Å². The van der Waals surface area contributed by atoms with E-state index in [1.54, 1.807) is 20.1 Å². The number of halogens is 2. The van der Waals surface area contributed by atoms with Gasteiger partial charge in [0.2, 0.25) is 10.0 Å². The molecule has 0 aliphatic heterocycles. The van der Waals surface area contributed by atoms with Crippen molar-refractivity contribution in [1.29, 1.82) is 0 Å². The highest BCUT2D eigenvalue weighted by atomic mass is 79.9. The van der Waals surface area contributed by atoms with Gasteiger partial charge >= 0.3 is 0 Å². The maximum atomic E-state index is 12.0. The first-order chi connectivity index (χ1) is 8.36. The van der Waals surface area contributed by atoms with E-state index in [0.717, 1.165) is 8.66 Å². The van der Waals surface area contributed by atoms with Crippen LogP contribution in [0.5, 0.6) is 0 Å². The van der Waals surface area contributed by atoms with E-state index in [2.05, 4.69) is 20.7 Å². The SMILES string of the molecule is COCC(Cl)CCNS(=O)(=O)c1cc(Br)sc1C. The van der Waals surface area contributed by atoms with Crippen molar-refractivity contribution in [2.45, 2.75) is 23.6 Å². The van der Waals surface area contributed by atoms with Crippen LogP contribution in [0.15, 0.2) is 14.7 Å². The van der Waals surface area contributed by atoms with Gasteiger partial charge in [0.1, 0.15) is 0 Å². The molecule has 1 aromatic heterocycles. The first-order valence-electron chi connectivity index (χ1n) is 5.25. The molecule has 104 valence electrons. The number of methoxy groups -OCH3 is 1. The summed E-state index contributed by atoms with van der Waals surface area (Å²) < 4.78 is 32.2. The fraction of sp³-hybridized carbons (Fsp3) is 0.600. The second-order valence-electron chi connectivity index (χ2n) is 3.71. The fourth-order valence-electron chi connectivity index (χ4n) is 1.39. The highest BCUT2D eigenvalue weighted by molar-refractivity contribution is 9.11. The standard InChI is InChI=1S/C10H15BrClNO3S2/c1-7-9(5-10(11)17-7)18(14,15)13-4-3-8(12)6-16-2/h5,8,13H,3-4,6H2,1-2H3. The number of nitrogens with one attached hydrogen (secondary N) is 1. The van der Waals surface area contributed by atoms with E-state index in [4.69, 9.17) is 16.3 Å². The van der Waals surface area contributed by atoms with Gasteiger partial charge in [0.05, 0.1) is 20.7 Å². The van der Waals surface area contributed by atoms with E-state index >= 15 is 0 Å². The van der Waals surface area contributed by atoms with Crippen LogP contribution in [0.3, 0.4) is 0 Å². The molecule has 0 aromatic carbocycles. The Bertz CT molecular complexity index is 489. The van der Waals surface area contributed by atoms with Crippen molar-refractivity contribution in [1.82, 2.24) is 4.72 Å². The summed E-state index contributed by atoms with van der Waals surface area (Å²) in [5, 5.41) is -0.187. The van der Waals surface area contributed by atoms with Gasteiger partial charge in [-0.3, -0.25) is 0 Å². The van der Waals surface area contributed by atoms with Crippen LogP contribution < -0.4 is 4.72 Å². The number of aryl methyl sites for hydroxylation is 1. The second-order valence-corrected chi connectivity index (χ2v) is 8.70. The van der Waals surface area contributed by atoms with Crippen molar-refractivity contribution < 1.29 is 13.2 Å². The van der Waals surface area contributed by atoms with Crippen LogP contribution in [-0.2, 0) is 14.8 Å². The van der Waals surface area contributed by atoms with Crippen LogP contribution in [0.25, 0.3) is 0 Å². The Morgan fingerprint density at radius 3 is 2.78 bits per heavy atom. The third-order valence-corrected chi connectivity index (χ3v) is 5.84. The lowest BCUT2D eigenvalue weighted by atomic mass is 10.3. The zero-order valence-electron chi connectivity index (χ0n) is 10.1. The highest BCUT2D eigenvalue weighted by Crippen LogP contribution is 2.29. The second kappa shape index (κ2) is 7.21. The lowest BCUT2D eigenvalue weighted by Crippen LogP contribution is -2.27. The van der Waals surface area contributed by atoms with Crippen LogP contribution in [-0.4, -0.2) is 34.1 Å². The third kappa shape index (κ3) is 4.79. The van der Waals surface area contributed by atoms with E-state index in [9.17, 15) is 8.42 Å². The molecule has 0 bridgehead atoms. The molecule has 0 fully saturated rings. The van der Waals surface area contributed by atoms with Gasteiger partial charge in [-0.1, -0.05) is 0 Å². The first-order valence-corrected chi connectivity index (χ1v) is 8.78. The smallest absolute Gasteiger partial charge is 0.241 e. The molecule has 0 radical (unpaired) electrons. The third-order valence-electron chi connectivity index (χ3n) is 2.23. The molecule has 1 heterocycles. The topological polar surface area (TPSA) is 55.4 Å². The quantitative estimate of drug-likeness (QED) is 0.744. The molecule has 0 saturated heterocycles. The Labute approximate surface area is 125 Å². The predicted octanol–water partition coefficient (Wildman–Crippen LogP) is 2.74. The number of sulfonamides is 1. The normalized spacial score (nSPS) is 13.8. The van der Waals surface area contributed by atoms with Gasteiger partial charge < -0.3 is 4.74 Å². The van der Waals surface area contributed by atoms with Crippen molar-refractivity contribution in [3.63, 3.8) is 0 Å². The minimum atomic E-state index is -3.45. The molecule has 4 nitrogen and oxygen atoms in total. The summed E-state index contributed by atoms with van der Waals surface area (Å²) in [5.41, 5.74) is 0. The number of rotatable bonds is 7. The van der Waals surface area contributed by atoms with Gasteiger partial charge in [-0.15, -0.1) is 22.9 Å². The van der Waals surface area contributed by atoms with Crippen LogP contribution in [0.2, 0.25) is 0 Å². The number of hydrogen-bond donors (Lipinski definition) is 1. The summed E-state index contributed by atoms with van der Waals surface area (Å²) >= 11 is 10.6. The van der Waals surface area contributed by atoms with Crippen LogP contribution in [0.4, 0.5) is 0 Å². The summed E-state index contributed by atoms with van der Waals surface area (Å²) in [5.74, 6) is 0. The minimum absolute atomic E-state index is 0.187. The molecule has 1 aromatic rings. The number of ether oxygens (including phenoxy) is 1. The lowest BCUT2D eigenvalue weighted by Gasteiger charge is -2.09. The molecule has 1 atom stereocenters. The van der Waals surface area contributed by atoms with Crippen molar-refractivity contribution in [3.05, 3.63) is 14.7 Å². The molecule has 0 saturated carbocycles. The van der Waals surface area contributed by atoms with Crippen LogP contribution in [0.1, 0.15) is 11.3 Å². The van der Waals surface area contributed by atoms with Crippen LogP contribution >= 0.6 is 38.9 Å². The van der Waals surface area contributed by atoms with Gasteiger partial charge in [-0.05, 0) is 35.3 Å². The van der Waals surface area contributed by atoms with E-state index in [1.807, 2.05) is 0 Å². The predicted molar refractivity (Wildman–Crippen MR) is 78.1 cm³/mol. The average molecular weight is 377 g/mol. The van der Waals surface area contributed by atoms with Gasteiger partial charge in [-0.2, -0.15) is 0 Å². The molecule has 1 unspecified atom stereocenters. The van der Waals surface area contributed by atoms with Crippen molar-refractivity contribution in [2.24, 2.45) is 0 Å². The largest absolute Gasteiger partial charge is 0.383 e. The molecular formula is C10H15BrClNO3S2. The number of hydrogen-bond acceptors (Lipinski definition) is 4. The number of alkyl halides is 1. The van der Waals surface area contributed by atoms with Crippen molar-refractivity contribution in [3.8, 4) is 0 Å². The zero-order chi connectivity index (χ0) is 13.8. The molecule has 18 heavy (non-hydrogen) atoms. The van der Waals surface area contributed by atoms with Gasteiger partial charge in [0.15, 0.2) is 0 Å². The molecule has 1 rings (SSSR count). The van der Waals surface area contributed by atoms with E-state index < -0.39 is 10.0 Å². The Balaban J connectivity index is 2.58. The Hall–Kier alpha value is 0.340. The van der Waals surface area contributed by atoms with E-state index in [1.165, 1.54) is 11.3 Å². The molecule has 0 amide bonds. The molecule has 1 N–H and O–H groups in total. The molecule has 8 heteroatoms. The highest BCUT2D eigenvalue weighted by Gasteiger charge is 2.19. The molecule has 0 spiro atoms. The van der Waals surface area contributed by atoms with Crippen molar-refractivity contribution >= 4 is 48.9 Å². The van der Waals surface area contributed by atoms with Gasteiger partial charge in [-0.25, -0.2) is 13.1 Å². The van der Waals surface area contributed by atoms with E-state index in [0.29, 0.717) is 24.5 Å². The number of thiophene rings is 1. The summed E-state index contributed by atoms with van der Waals surface area (Å²) in [6.07, 6.45) is 0.527. The Morgan fingerprint density at radius 1 is 1.61 bits per heavy atom. The zero-order valence-corrected chi connectivity index (χ0v) is 14.0. The summed E-state index contributed by atoms with van der Waals surface area (Å²) in [6.45, 7) is 2.48.